The molecule has 4 nitrogen and oxygen atoms in total. The van der Waals surface area contributed by atoms with Gasteiger partial charge in [0.25, 0.3) is 0 Å². The molecule has 0 aromatic carbocycles. The van der Waals surface area contributed by atoms with Crippen molar-refractivity contribution in [1.29, 1.82) is 0 Å². The molecule has 0 aliphatic carbocycles. The van der Waals surface area contributed by atoms with Crippen molar-refractivity contribution in [2.75, 3.05) is 32.0 Å². The molecule has 0 fully saturated rings. The van der Waals surface area contributed by atoms with Crippen LogP contribution < -0.4 is 0 Å². The van der Waals surface area contributed by atoms with E-state index in [1.54, 1.807) is 0 Å². The van der Waals surface area contributed by atoms with E-state index < -0.39 is 7.60 Å². The number of hydrogen-bond donors (Lipinski definition) is 0. The molecule has 0 spiro atoms. The van der Waals surface area contributed by atoms with Crippen LogP contribution >= 0.6 is 19.2 Å². The van der Waals surface area contributed by atoms with Gasteiger partial charge in [0.1, 0.15) is 6.35 Å². The predicted molar refractivity (Wildman–Crippen MR) is 108 cm³/mol. The van der Waals surface area contributed by atoms with E-state index in [9.17, 15) is 4.57 Å². The van der Waals surface area contributed by atoms with E-state index in [4.69, 9.17) is 25.4 Å². The molecule has 0 bridgehead atoms. The third-order valence-electron chi connectivity index (χ3n) is 3.90. The van der Waals surface area contributed by atoms with Crippen LogP contribution in [-0.4, -0.2) is 32.0 Å². The number of halogens is 1. The van der Waals surface area contributed by atoms with Crippen LogP contribution in [0.15, 0.2) is 0 Å². The minimum Gasteiger partial charge on any atom is -0.368 e. The first kappa shape index (κ1) is 25.4. The van der Waals surface area contributed by atoms with E-state index >= 15 is 0 Å². The molecule has 0 N–H and O–H groups in total. The van der Waals surface area contributed by atoms with Crippen LogP contribution in [0.1, 0.15) is 79.1 Å². The molecule has 0 saturated heterocycles. The van der Waals surface area contributed by atoms with E-state index in [0.717, 1.165) is 37.5 Å². The zero-order valence-corrected chi connectivity index (χ0v) is 18.5. The van der Waals surface area contributed by atoms with E-state index in [1.165, 1.54) is 25.7 Å². The minimum atomic E-state index is -3.17. The topological polar surface area (TPSA) is 44.8 Å². The molecule has 0 heterocycles. The largest absolute Gasteiger partial charge is 0.368 e. The highest BCUT2D eigenvalue weighted by atomic mass is 35.5. The minimum absolute atomic E-state index is 0.00227. The Morgan fingerprint density at radius 1 is 0.760 bits per heavy atom. The monoisotopic (exact) mass is 398 g/mol. The van der Waals surface area contributed by atoms with Crippen LogP contribution in [0.3, 0.4) is 0 Å². The summed E-state index contributed by atoms with van der Waals surface area (Å²) < 4.78 is 29.3. The van der Waals surface area contributed by atoms with Crippen molar-refractivity contribution in [3.05, 3.63) is 0 Å². The maximum atomic E-state index is 12.8. The van der Waals surface area contributed by atoms with Crippen molar-refractivity contribution in [2.45, 2.75) is 79.1 Å². The lowest BCUT2D eigenvalue weighted by Crippen LogP contribution is -2.07. The molecular weight excluding hydrogens is 359 g/mol. The number of rotatable bonds is 18. The van der Waals surface area contributed by atoms with Crippen molar-refractivity contribution in [1.82, 2.24) is 0 Å². The molecule has 0 saturated carbocycles. The van der Waals surface area contributed by atoms with Crippen LogP contribution in [-0.2, 0) is 18.3 Å². The Balaban J connectivity index is 4.00. The summed E-state index contributed by atoms with van der Waals surface area (Å²) in [5, 5.41) is 0. The van der Waals surface area contributed by atoms with Crippen molar-refractivity contribution in [3.8, 4) is 0 Å². The van der Waals surface area contributed by atoms with E-state index in [1.807, 2.05) is 0 Å². The molecule has 152 valence electrons. The second-order valence-electron chi connectivity index (χ2n) is 7.49. The summed E-state index contributed by atoms with van der Waals surface area (Å²) in [7, 11) is -3.17. The Kier molecular flexibility index (Phi) is 16.8. The normalized spacial score (nSPS) is 12.4. The van der Waals surface area contributed by atoms with Crippen LogP contribution in [0.5, 0.6) is 0 Å². The standard InChI is InChI=1S/C19H40ClO4P/c1-18(2)11-7-5-9-14-23-25(21,17-22-16-13-20)24-15-10-6-8-12-19(3)4/h18-19H,5-17H2,1-4H3. The highest BCUT2D eigenvalue weighted by Crippen LogP contribution is 2.48. The van der Waals surface area contributed by atoms with Gasteiger partial charge < -0.3 is 13.8 Å². The van der Waals surface area contributed by atoms with E-state index in [-0.39, 0.29) is 6.35 Å². The summed E-state index contributed by atoms with van der Waals surface area (Å²) in [5.41, 5.74) is 0. The molecule has 6 heteroatoms. The zero-order valence-electron chi connectivity index (χ0n) is 16.8. The Morgan fingerprint density at radius 2 is 1.24 bits per heavy atom. The third kappa shape index (κ3) is 17.6. The van der Waals surface area contributed by atoms with Crippen LogP contribution in [0.25, 0.3) is 0 Å². The van der Waals surface area contributed by atoms with Crippen molar-refractivity contribution in [2.24, 2.45) is 11.8 Å². The second kappa shape index (κ2) is 16.6. The molecule has 0 aliphatic rings. The summed E-state index contributed by atoms with van der Waals surface area (Å²) in [5.74, 6) is 1.84. The average Bonchev–Trinajstić information content (AvgIpc) is 2.54. The second-order valence-corrected chi connectivity index (χ2v) is 9.86. The van der Waals surface area contributed by atoms with Gasteiger partial charge in [0.15, 0.2) is 0 Å². The van der Waals surface area contributed by atoms with Crippen LogP contribution in [0.2, 0.25) is 0 Å². The summed E-state index contributed by atoms with van der Waals surface area (Å²) in [4.78, 5) is 0. The molecule has 0 aromatic heterocycles. The van der Waals surface area contributed by atoms with Gasteiger partial charge >= 0.3 is 7.60 Å². The average molecular weight is 399 g/mol. The van der Waals surface area contributed by atoms with Gasteiger partial charge in [0, 0.05) is 5.88 Å². The van der Waals surface area contributed by atoms with Gasteiger partial charge in [-0.25, -0.2) is 0 Å². The smallest absolute Gasteiger partial charge is 0.356 e. The maximum absolute atomic E-state index is 12.8. The van der Waals surface area contributed by atoms with Gasteiger partial charge in [0.2, 0.25) is 0 Å². The Hall–Kier alpha value is 0.400. The van der Waals surface area contributed by atoms with Gasteiger partial charge in [-0.05, 0) is 24.7 Å². The molecule has 0 amide bonds. The maximum Gasteiger partial charge on any atom is 0.356 e. The lowest BCUT2D eigenvalue weighted by atomic mass is 10.1. The van der Waals surface area contributed by atoms with Crippen molar-refractivity contribution >= 4 is 19.2 Å². The van der Waals surface area contributed by atoms with Gasteiger partial charge in [-0.2, -0.15) is 0 Å². The SMILES string of the molecule is CC(C)CCCCCOP(=O)(COCCCl)OCCCCCC(C)C. The molecular formula is C19H40ClO4P. The first-order chi connectivity index (χ1) is 11.9. The Bertz CT molecular complexity index is 313. The summed E-state index contributed by atoms with van der Waals surface area (Å²) in [6, 6.07) is 0. The van der Waals surface area contributed by atoms with Gasteiger partial charge in [-0.15, -0.1) is 11.6 Å². The van der Waals surface area contributed by atoms with E-state index in [0.29, 0.717) is 25.7 Å². The molecule has 0 rings (SSSR count). The van der Waals surface area contributed by atoms with Gasteiger partial charge in [-0.1, -0.05) is 66.2 Å². The fraction of sp³-hybridized carbons (Fsp3) is 1.00. The number of alkyl halides is 1. The molecule has 25 heavy (non-hydrogen) atoms. The highest BCUT2D eigenvalue weighted by Gasteiger charge is 2.24. The predicted octanol–water partition coefficient (Wildman–Crippen LogP) is 6.86. The summed E-state index contributed by atoms with van der Waals surface area (Å²) in [6.07, 6.45) is 8.82. The van der Waals surface area contributed by atoms with Crippen LogP contribution in [0, 0.1) is 11.8 Å². The summed E-state index contributed by atoms with van der Waals surface area (Å²) >= 11 is 5.61. The first-order valence-corrected chi connectivity index (χ1v) is 12.2. The lowest BCUT2D eigenvalue weighted by Gasteiger charge is -2.18. The quantitative estimate of drug-likeness (QED) is 0.144. The third-order valence-corrected chi connectivity index (χ3v) is 5.70. The number of hydrogen-bond acceptors (Lipinski definition) is 4. The zero-order chi connectivity index (χ0) is 19.0. The van der Waals surface area contributed by atoms with Crippen molar-refractivity contribution < 1.29 is 18.3 Å². The number of ether oxygens (including phenoxy) is 1. The molecule has 0 aromatic rings. The molecule has 0 radical (unpaired) electrons. The van der Waals surface area contributed by atoms with Gasteiger partial charge in [-0.3, -0.25) is 4.57 Å². The first-order valence-electron chi connectivity index (χ1n) is 9.91. The fourth-order valence-corrected chi connectivity index (χ4v) is 3.91. The van der Waals surface area contributed by atoms with E-state index in [2.05, 4.69) is 27.7 Å². The molecule has 0 aliphatic heterocycles. The van der Waals surface area contributed by atoms with Crippen molar-refractivity contribution in [3.63, 3.8) is 0 Å². The van der Waals surface area contributed by atoms with Gasteiger partial charge in [0.05, 0.1) is 19.8 Å². The Labute approximate surface area is 160 Å². The summed E-state index contributed by atoms with van der Waals surface area (Å²) in [6.45, 7) is 10.2. The molecule has 0 atom stereocenters. The highest BCUT2D eigenvalue weighted by molar-refractivity contribution is 7.53. The molecule has 0 unspecified atom stereocenters. The fourth-order valence-electron chi connectivity index (χ4n) is 2.41. The lowest BCUT2D eigenvalue weighted by molar-refractivity contribution is 0.134. The van der Waals surface area contributed by atoms with Crippen LogP contribution in [0.4, 0.5) is 0 Å². The number of unbranched alkanes of at least 4 members (excludes halogenated alkanes) is 4. The Morgan fingerprint density at radius 3 is 1.64 bits per heavy atom.